The molecular formula is C50H35BN2S. The number of fused-ring (bicyclic) bond motifs is 9. The van der Waals surface area contributed by atoms with E-state index < -0.39 is 0 Å². The van der Waals surface area contributed by atoms with E-state index in [9.17, 15) is 0 Å². The second kappa shape index (κ2) is 12.2. The van der Waals surface area contributed by atoms with Crippen LogP contribution in [0.2, 0.25) is 0 Å². The molecule has 11 rings (SSSR count). The molecule has 0 N–H and O–H groups in total. The summed E-state index contributed by atoms with van der Waals surface area (Å²) in [5.74, 6) is 0. The zero-order chi connectivity index (χ0) is 35.9. The standard InChI is InChI=1S/C50H35BN2S/c1-32-14-13-15-33(2)50(32)51-40-21-10-12-23-46(40)54-47-31-37(25-26-41(47)51)53-42-22-11-9-20-38(42)48-44(53)28-29-45-49(48)39-30-35(34-16-5-3-6-17-34)24-27-43(39)52(45)36-18-7-4-8-19-36/h3-31H,1-2H3. The third kappa shape index (κ3) is 4.63. The molecule has 0 aliphatic carbocycles. The molecule has 0 bridgehead atoms. The minimum absolute atomic E-state index is 0.188. The van der Waals surface area contributed by atoms with Crippen LogP contribution in [0.15, 0.2) is 186 Å². The first-order chi connectivity index (χ1) is 26.6. The zero-order valence-electron chi connectivity index (χ0n) is 30.1. The number of hydrogen-bond acceptors (Lipinski definition) is 1. The van der Waals surface area contributed by atoms with Gasteiger partial charge in [-0.3, -0.25) is 0 Å². The molecule has 254 valence electrons. The average Bonchev–Trinajstić information content (AvgIpc) is 3.73. The van der Waals surface area contributed by atoms with Gasteiger partial charge >= 0.3 is 0 Å². The number of aryl methyl sites for hydroxylation is 2. The third-order valence-corrected chi connectivity index (χ3v) is 12.7. The van der Waals surface area contributed by atoms with E-state index in [1.165, 1.54) is 103 Å². The molecule has 8 aromatic carbocycles. The van der Waals surface area contributed by atoms with E-state index in [1.54, 1.807) is 0 Å². The van der Waals surface area contributed by atoms with Gasteiger partial charge in [-0.1, -0.05) is 155 Å². The summed E-state index contributed by atoms with van der Waals surface area (Å²) in [4.78, 5) is 2.65. The van der Waals surface area contributed by atoms with E-state index in [1.807, 2.05) is 11.8 Å². The largest absolute Gasteiger partial charge is 0.309 e. The number of aromatic nitrogens is 2. The van der Waals surface area contributed by atoms with Crippen LogP contribution in [0.5, 0.6) is 0 Å². The van der Waals surface area contributed by atoms with Gasteiger partial charge in [-0.15, -0.1) is 0 Å². The Hall–Kier alpha value is -6.23. The van der Waals surface area contributed by atoms with Crippen LogP contribution < -0.4 is 16.4 Å². The van der Waals surface area contributed by atoms with Gasteiger partial charge in [-0.2, -0.15) is 0 Å². The van der Waals surface area contributed by atoms with Crippen molar-refractivity contribution in [1.82, 2.24) is 9.13 Å². The minimum Gasteiger partial charge on any atom is -0.309 e. The van der Waals surface area contributed by atoms with Crippen LogP contribution >= 0.6 is 11.8 Å². The van der Waals surface area contributed by atoms with Crippen LogP contribution in [-0.2, 0) is 0 Å². The minimum atomic E-state index is 0.188. The fraction of sp³-hybridized carbons (Fsp3) is 0.0400. The molecule has 1 aliphatic heterocycles. The van der Waals surface area contributed by atoms with Gasteiger partial charge in [0.15, 0.2) is 0 Å². The summed E-state index contributed by atoms with van der Waals surface area (Å²) in [6.45, 7) is 4.71. The van der Waals surface area contributed by atoms with Crippen LogP contribution in [0, 0.1) is 13.8 Å². The van der Waals surface area contributed by atoms with Gasteiger partial charge in [0.05, 0.1) is 22.1 Å². The maximum Gasteiger partial charge on any atom is 0.244 e. The molecule has 54 heavy (non-hydrogen) atoms. The summed E-state index contributed by atoms with van der Waals surface area (Å²) >= 11 is 1.90. The van der Waals surface area contributed by atoms with Crippen molar-refractivity contribution in [2.75, 3.05) is 0 Å². The van der Waals surface area contributed by atoms with Crippen LogP contribution in [0.3, 0.4) is 0 Å². The maximum atomic E-state index is 2.49. The van der Waals surface area contributed by atoms with Gasteiger partial charge in [-0.05, 0) is 85.6 Å². The Kier molecular flexibility index (Phi) is 7.05. The molecular weight excluding hydrogens is 671 g/mol. The molecule has 0 amide bonds. The van der Waals surface area contributed by atoms with Crippen LogP contribution in [0.25, 0.3) is 66.1 Å². The second-order valence-corrected chi connectivity index (χ2v) is 15.7. The van der Waals surface area contributed by atoms with Crippen molar-refractivity contribution >= 4 is 78.5 Å². The van der Waals surface area contributed by atoms with E-state index in [0.717, 1.165) is 0 Å². The highest BCUT2D eigenvalue weighted by molar-refractivity contribution is 8.00. The van der Waals surface area contributed by atoms with E-state index in [0.29, 0.717) is 0 Å². The average molecular weight is 707 g/mol. The Morgan fingerprint density at radius 1 is 0.407 bits per heavy atom. The number of hydrogen-bond donors (Lipinski definition) is 0. The molecule has 0 fully saturated rings. The van der Waals surface area contributed by atoms with Crippen molar-refractivity contribution in [3.63, 3.8) is 0 Å². The van der Waals surface area contributed by atoms with Gasteiger partial charge in [0.2, 0.25) is 6.71 Å². The van der Waals surface area contributed by atoms with Gasteiger partial charge in [0.25, 0.3) is 0 Å². The van der Waals surface area contributed by atoms with Gasteiger partial charge in [0, 0.05) is 42.7 Å². The summed E-state index contributed by atoms with van der Waals surface area (Å²) in [5, 5.41) is 5.10. The Labute approximate surface area is 319 Å². The highest BCUT2D eigenvalue weighted by Crippen LogP contribution is 2.44. The molecule has 0 atom stereocenters. The molecule has 1 aliphatic rings. The highest BCUT2D eigenvalue weighted by Gasteiger charge is 2.33. The number of benzene rings is 8. The lowest BCUT2D eigenvalue weighted by Crippen LogP contribution is -2.56. The summed E-state index contributed by atoms with van der Waals surface area (Å²) < 4.78 is 4.93. The molecule has 0 saturated heterocycles. The first-order valence-electron chi connectivity index (χ1n) is 18.7. The quantitative estimate of drug-likeness (QED) is 0.166. The summed E-state index contributed by atoms with van der Waals surface area (Å²) in [6.07, 6.45) is 0. The summed E-state index contributed by atoms with van der Waals surface area (Å²) in [5.41, 5.74) is 16.5. The predicted molar refractivity (Wildman–Crippen MR) is 232 cm³/mol. The molecule has 0 spiro atoms. The van der Waals surface area contributed by atoms with Gasteiger partial charge < -0.3 is 9.13 Å². The Morgan fingerprint density at radius 3 is 1.81 bits per heavy atom. The second-order valence-electron chi connectivity index (χ2n) is 14.6. The highest BCUT2D eigenvalue weighted by atomic mass is 32.2. The molecule has 10 aromatic rings. The Morgan fingerprint density at radius 2 is 1.02 bits per heavy atom. The number of rotatable bonds is 4. The fourth-order valence-corrected chi connectivity index (χ4v) is 10.4. The lowest BCUT2D eigenvalue weighted by molar-refractivity contribution is 1.16. The monoisotopic (exact) mass is 706 g/mol. The van der Waals surface area contributed by atoms with Crippen LogP contribution in [-0.4, -0.2) is 15.8 Å². The van der Waals surface area contributed by atoms with Crippen molar-refractivity contribution < 1.29 is 0 Å². The normalized spacial score (nSPS) is 12.5. The van der Waals surface area contributed by atoms with E-state index >= 15 is 0 Å². The van der Waals surface area contributed by atoms with Crippen molar-refractivity contribution in [3.05, 3.63) is 187 Å². The SMILES string of the molecule is Cc1cccc(C)c1B1c2ccccc2Sc2cc(-n3c4ccccc4c4c5c6cc(-c7ccccc7)ccc6n(-c6ccccc6)c5ccc43)ccc21. The molecule has 0 saturated carbocycles. The third-order valence-electron chi connectivity index (χ3n) is 11.5. The fourth-order valence-electron chi connectivity index (χ4n) is 9.19. The molecule has 0 unspecified atom stereocenters. The molecule has 0 radical (unpaired) electrons. The number of nitrogens with zero attached hydrogens (tertiary/aromatic N) is 2. The smallest absolute Gasteiger partial charge is 0.244 e. The lowest BCUT2D eigenvalue weighted by atomic mass is 9.35. The van der Waals surface area contributed by atoms with Gasteiger partial charge in [0.1, 0.15) is 0 Å². The molecule has 4 heteroatoms. The first-order valence-corrected chi connectivity index (χ1v) is 19.5. The molecule has 3 heterocycles. The lowest BCUT2D eigenvalue weighted by Gasteiger charge is -2.28. The van der Waals surface area contributed by atoms with Crippen LogP contribution in [0.1, 0.15) is 11.1 Å². The summed E-state index contributed by atoms with van der Waals surface area (Å²) in [7, 11) is 0. The van der Waals surface area contributed by atoms with E-state index in [-0.39, 0.29) is 6.71 Å². The molecule has 2 nitrogen and oxygen atoms in total. The van der Waals surface area contributed by atoms with E-state index in [4.69, 9.17) is 0 Å². The van der Waals surface area contributed by atoms with Gasteiger partial charge in [-0.25, -0.2) is 0 Å². The topological polar surface area (TPSA) is 9.86 Å². The maximum absolute atomic E-state index is 2.49. The molecule has 2 aromatic heterocycles. The van der Waals surface area contributed by atoms with Crippen molar-refractivity contribution in [2.24, 2.45) is 0 Å². The number of para-hydroxylation sites is 2. The zero-order valence-corrected chi connectivity index (χ0v) is 30.9. The van der Waals surface area contributed by atoms with Crippen LogP contribution in [0.4, 0.5) is 0 Å². The van der Waals surface area contributed by atoms with E-state index in [2.05, 4.69) is 199 Å². The Balaban J connectivity index is 1.19. The predicted octanol–water partition coefficient (Wildman–Crippen LogP) is 11.1. The van der Waals surface area contributed by atoms with Crippen molar-refractivity contribution in [3.8, 4) is 22.5 Å². The Bertz CT molecular complexity index is 3080. The summed E-state index contributed by atoms with van der Waals surface area (Å²) in [6, 6.07) is 65.0. The van der Waals surface area contributed by atoms with Crippen molar-refractivity contribution in [2.45, 2.75) is 23.6 Å². The van der Waals surface area contributed by atoms with Crippen molar-refractivity contribution in [1.29, 1.82) is 0 Å². The first kappa shape index (κ1) is 31.3.